The Morgan fingerprint density at radius 2 is 2.21 bits per heavy atom. The van der Waals surface area contributed by atoms with Crippen LogP contribution in [0.15, 0.2) is 24.3 Å². The first-order valence-electron chi connectivity index (χ1n) is 4.88. The molecule has 0 amide bonds. The minimum absolute atomic E-state index is 0.0248. The maximum absolute atomic E-state index is 12.8. The molecule has 1 nitrogen and oxygen atoms in total. The SMILES string of the molecule is CCC(Cc1cccc(F)c1)C(C)=O. The summed E-state index contributed by atoms with van der Waals surface area (Å²) in [6, 6.07) is 6.44. The van der Waals surface area contributed by atoms with E-state index in [-0.39, 0.29) is 17.5 Å². The van der Waals surface area contributed by atoms with E-state index in [0.717, 1.165) is 12.0 Å². The van der Waals surface area contributed by atoms with Crippen molar-refractivity contribution in [2.75, 3.05) is 0 Å². The van der Waals surface area contributed by atoms with Crippen LogP contribution in [-0.2, 0) is 11.2 Å². The summed E-state index contributed by atoms with van der Waals surface area (Å²) < 4.78 is 12.8. The molecule has 14 heavy (non-hydrogen) atoms. The Labute approximate surface area is 83.9 Å². The lowest BCUT2D eigenvalue weighted by Gasteiger charge is -2.10. The zero-order chi connectivity index (χ0) is 10.6. The molecule has 0 aromatic heterocycles. The molecule has 0 heterocycles. The Morgan fingerprint density at radius 1 is 1.50 bits per heavy atom. The maximum Gasteiger partial charge on any atom is 0.133 e. The van der Waals surface area contributed by atoms with E-state index in [9.17, 15) is 9.18 Å². The van der Waals surface area contributed by atoms with Crippen LogP contribution in [-0.4, -0.2) is 5.78 Å². The van der Waals surface area contributed by atoms with Crippen molar-refractivity contribution in [2.45, 2.75) is 26.7 Å². The van der Waals surface area contributed by atoms with Crippen LogP contribution in [0.1, 0.15) is 25.8 Å². The van der Waals surface area contributed by atoms with E-state index in [4.69, 9.17) is 0 Å². The molecule has 1 atom stereocenters. The van der Waals surface area contributed by atoms with Crippen LogP contribution >= 0.6 is 0 Å². The van der Waals surface area contributed by atoms with E-state index in [1.54, 1.807) is 13.0 Å². The number of carbonyl (C=O) groups excluding carboxylic acids is 1. The second kappa shape index (κ2) is 4.89. The van der Waals surface area contributed by atoms with Crippen molar-refractivity contribution in [3.63, 3.8) is 0 Å². The van der Waals surface area contributed by atoms with E-state index in [2.05, 4.69) is 0 Å². The molecule has 0 N–H and O–H groups in total. The second-order valence-corrected chi connectivity index (χ2v) is 3.55. The average Bonchev–Trinajstić information content (AvgIpc) is 2.14. The molecular weight excluding hydrogens is 179 g/mol. The normalized spacial score (nSPS) is 12.5. The number of benzene rings is 1. The summed E-state index contributed by atoms with van der Waals surface area (Å²) >= 11 is 0. The molecule has 76 valence electrons. The van der Waals surface area contributed by atoms with Gasteiger partial charge in [-0.15, -0.1) is 0 Å². The summed E-state index contributed by atoms with van der Waals surface area (Å²) in [7, 11) is 0. The van der Waals surface area contributed by atoms with E-state index < -0.39 is 0 Å². The summed E-state index contributed by atoms with van der Waals surface area (Å²) in [5, 5.41) is 0. The zero-order valence-corrected chi connectivity index (χ0v) is 8.59. The fraction of sp³-hybridized carbons (Fsp3) is 0.417. The van der Waals surface area contributed by atoms with Crippen LogP contribution in [0, 0.1) is 11.7 Å². The monoisotopic (exact) mass is 194 g/mol. The highest BCUT2D eigenvalue weighted by molar-refractivity contribution is 5.78. The van der Waals surface area contributed by atoms with Crippen LogP contribution in [0.5, 0.6) is 0 Å². The number of carbonyl (C=O) groups is 1. The number of Topliss-reactive ketones (excluding diaryl/α,β-unsaturated/α-hetero) is 1. The fourth-order valence-corrected chi connectivity index (χ4v) is 1.52. The van der Waals surface area contributed by atoms with Gasteiger partial charge < -0.3 is 0 Å². The lowest BCUT2D eigenvalue weighted by Crippen LogP contribution is -2.12. The van der Waals surface area contributed by atoms with Crippen molar-refractivity contribution in [2.24, 2.45) is 5.92 Å². The number of hydrogen-bond acceptors (Lipinski definition) is 1. The molecule has 1 unspecified atom stereocenters. The second-order valence-electron chi connectivity index (χ2n) is 3.55. The minimum Gasteiger partial charge on any atom is -0.300 e. The minimum atomic E-state index is -0.235. The highest BCUT2D eigenvalue weighted by Crippen LogP contribution is 2.14. The van der Waals surface area contributed by atoms with Crippen molar-refractivity contribution in [3.8, 4) is 0 Å². The van der Waals surface area contributed by atoms with Gasteiger partial charge in [0.15, 0.2) is 0 Å². The van der Waals surface area contributed by atoms with Crippen LogP contribution in [0.25, 0.3) is 0 Å². The first kappa shape index (κ1) is 10.9. The van der Waals surface area contributed by atoms with Crippen molar-refractivity contribution in [3.05, 3.63) is 35.6 Å². The topological polar surface area (TPSA) is 17.1 Å². The Bertz CT molecular complexity index is 320. The molecule has 0 radical (unpaired) electrons. The van der Waals surface area contributed by atoms with Crippen LogP contribution in [0.4, 0.5) is 4.39 Å². The van der Waals surface area contributed by atoms with Gasteiger partial charge >= 0.3 is 0 Å². The Morgan fingerprint density at radius 3 is 2.71 bits per heavy atom. The molecule has 1 aromatic rings. The molecule has 0 fully saturated rings. The highest BCUT2D eigenvalue weighted by atomic mass is 19.1. The van der Waals surface area contributed by atoms with E-state index in [0.29, 0.717) is 6.42 Å². The maximum atomic E-state index is 12.8. The van der Waals surface area contributed by atoms with Gasteiger partial charge in [-0.2, -0.15) is 0 Å². The van der Waals surface area contributed by atoms with Crippen molar-refractivity contribution in [1.29, 1.82) is 0 Å². The van der Waals surface area contributed by atoms with Crippen molar-refractivity contribution < 1.29 is 9.18 Å². The number of ketones is 1. The van der Waals surface area contributed by atoms with Gasteiger partial charge in [0.05, 0.1) is 0 Å². The third kappa shape index (κ3) is 2.95. The quantitative estimate of drug-likeness (QED) is 0.720. The predicted molar refractivity (Wildman–Crippen MR) is 54.6 cm³/mol. The lowest BCUT2D eigenvalue weighted by molar-refractivity contribution is -0.120. The summed E-state index contributed by atoms with van der Waals surface area (Å²) in [6.45, 7) is 3.57. The van der Waals surface area contributed by atoms with Gasteiger partial charge in [0.25, 0.3) is 0 Å². The number of halogens is 1. The summed E-state index contributed by atoms with van der Waals surface area (Å²) in [5.74, 6) is -0.0329. The third-order valence-electron chi connectivity index (χ3n) is 2.44. The Balaban J connectivity index is 2.72. The predicted octanol–water partition coefficient (Wildman–Crippen LogP) is 2.98. The van der Waals surface area contributed by atoms with Gasteiger partial charge in [0.1, 0.15) is 11.6 Å². The van der Waals surface area contributed by atoms with E-state index in [1.165, 1.54) is 12.1 Å². The first-order valence-corrected chi connectivity index (χ1v) is 4.88. The zero-order valence-electron chi connectivity index (χ0n) is 8.59. The molecule has 0 aliphatic heterocycles. The summed E-state index contributed by atoms with van der Waals surface area (Å²) in [4.78, 5) is 11.2. The lowest BCUT2D eigenvalue weighted by atomic mass is 9.94. The molecule has 1 aromatic carbocycles. The van der Waals surface area contributed by atoms with Gasteiger partial charge in [-0.25, -0.2) is 4.39 Å². The van der Waals surface area contributed by atoms with Gasteiger partial charge in [-0.3, -0.25) is 4.79 Å². The van der Waals surface area contributed by atoms with Gasteiger partial charge in [-0.05, 0) is 37.5 Å². The molecule has 0 spiro atoms. The van der Waals surface area contributed by atoms with Gasteiger partial charge in [-0.1, -0.05) is 19.1 Å². The van der Waals surface area contributed by atoms with Crippen LogP contribution < -0.4 is 0 Å². The Kier molecular flexibility index (Phi) is 3.81. The first-order chi connectivity index (χ1) is 6.63. The molecule has 0 aliphatic carbocycles. The van der Waals surface area contributed by atoms with E-state index in [1.807, 2.05) is 13.0 Å². The summed E-state index contributed by atoms with van der Waals surface area (Å²) in [6.07, 6.45) is 1.45. The molecular formula is C12H15FO. The number of rotatable bonds is 4. The van der Waals surface area contributed by atoms with Gasteiger partial charge in [0.2, 0.25) is 0 Å². The average molecular weight is 194 g/mol. The van der Waals surface area contributed by atoms with Crippen molar-refractivity contribution >= 4 is 5.78 Å². The highest BCUT2D eigenvalue weighted by Gasteiger charge is 2.12. The van der Waals surface area contributed by atoms with Crippen LogP contribution in [0.2, 0.25) is 0 Å². The molecule has 0 bridgehead atoms. The van der Waals surface area contributed by atoms with E-state index >= 15 is 0 Å². The third-order valence-corrected chi connectivity index (χ3v) is 2.44. The molecule has 0 aliphatic rings. The number of hydrogen-bond donors (Lipinski definition) is 0. The Hall–Kier alpha value is -1.18. The molecule has 0 saturated heterocycles. The largest absolute Gasteiger partial charge is 0.300 e. The van der Waals surface area contributed by atoms with Crippen LogP contribution in [0.3, 0.4) is 0 Å². The molecule has 0 saturated carbocycles. The molecule has 2 heteroatoms. The van der Waals surface area contributed by atoms with Crippen molar-refractivity contribution in [1.82, 2.24) is 0 Å². The summed E-state index contributed by atoms with van der Waals surface area (Å²) in [5.41, 5.74) is 0.895. The standard InChI is InChI=1S/C12H15FO/c1-3-11(9(2)14)7-10-5-4-6-12(13)8-10/h4-6,8,11H,3,7H2,1-2H3. The van der Waals surface area contributed by atoms with Gasteiger partial charge in [0, 0.05) is 5.92 Å². The fourth-order valence-electron chi connectivity index (χ4n) is 1.52. The smallest absolute Gasteiger partial charge is 0.133 e. The molecule has 1 rings (SSSR count).